The Hall–Kier alpha value is -1.32. The van der Waals surface area contributed by atoms with Gasteiger partial charge in [0.2, 0.25) is 0 Å². The summed E-state index contributed by atoms with van der Waals surface area (Å²) in [6.45, 7) is 9.45. The van der Waals surface area contributed by atoms with Crippen molar-refractivity contribution in [3.8, 4) is 0 Å². The Kier molecular flexibility index (Phi) is 5.43. The van der Waals surface area contributed by atoms with E-state index in [-0.39, 0.29) is 6.04 Å². The summed E-state index contributed by atoms with van der Waals surface area (Å²) >= 11 is 6.16. The van der Waals surface area contributed by atoms with Gasteiger partial charge in [0.1, 0.15) is 0 Å². The van der Waals surface area contributed by atoms with Gasteiger partial charge in [0, 0.05) is 29.7 Å². The molecule has 1 aromatic heterocycles. The van der Waals surface area contributed by atoms with Gasteiger partial charge in [-0.25, -0.2) is 0 Å². The van der Waals surface area contributed by atoms with Crippen molar-refractivity contribution in [2.24, 2.45) is 0 Å². The van der Waals surface area contributed by atoms with Gasteiger partial charge in [-0.15, -0.1) is 0 Å². The monoisotopic (exact) mass is 305 g/mol. The molecule has 1 atom stereocenters. The quantitative estimate of drug-likeness (QED) is 0.861. The number of likely N-dealkylation sites (N-methyl/N-ethyl adjacent to an activating group) is 1. The molecule has 1 unspecified atom stereocenters. The van der Waals surface area contributed by atoms with Crippen LogP contribution < -0.4 is 5.32 Å². The smallest absolute Gasteiger partial charge is 0.0643 e. The summed E-state index contributed by atoms with van der Waals surface area (Å²) in [5, 5.41) is 8.98. The van der Waals surface area contributed by atoms with Crippen molar-refractivity contribution < 1.29 is 0 Å². The molecule has 0 aliphatic heterocycles. The summed E-state index contributed by atoms with van der Waals surface area (Å²) < 4.78 is 2.00. The Bertz CT molecular complexity index is 589. The minimum Gasteiger partial charge on any atom is -0.310 e. The van der Waals surface area contributed by atoms with Crippen LogP contribution in [0.15, 0.2) is 30.5 Å². The van der Waals surface area contributed by atoms with E-state index in [2.05, 4.69) is 56.3 Å². The van der Waals surface area contributed by atoms with Crippen LogP contribution >= 0.6 is 11.6 Å². The van der Waals surface area contributed by atoms with E-state index in [4.69, 9.17) is 11.6 Å². The maximum Gasteiger partial charge on any atom is 0.0643 e. The van der Waals surface area contributed by atoms with Crippen LogP contribution in [0.5, 0.6) is 0 Å². The van der Waals surface area contributed by atoms with Crippen LogP contribution in [0, 0.1) is 6.92 Å². The molecule has 2 rings (SSSR count). The van der Waals surface area contributed by atoms with Gasteiger partial charge in [-0.05, 0) is 56.6 Å². The third-order valence-electron chi connectivity index (χ3n) is 3.67. The highest BCUT2D eigenvalue weighted by molar-refractivity contribution is 6.30. The van der Waals surface area contributed by atoms with Crippen LogP contribution in [0.25, 0.3) is 0 Å². The second-order valence-electron chi connectivity index (χ2n) is 5.70. The second-order valence-corrected chi connectivity index (χ2v) is 6.13. The lowest BCUT2D eigenvalue weighted by atomic mass is 9.97. The standard InChI is InChI=1S/C17H24ClN3/c1-5-19-17(16-10-14(18)7-6-13(16)4)11-15-8-9-21(20-15)12(2)3/h6-10,12,17,19H,5,11H2,1-4H3. The maximum atomic E-state index is 6.16. The number of benzene rings is 1. The van der Waals surface area contributed by atoms with Crippen LogP contribution in [0.3, 0.4) is 0 Å². The Balaban J connectivity index is 2.23. The van der Waals surface area contributed by atoms with E-state index in [1.54, 1.807) is 0 Å². The molecular formula is C17H24ClN3. The van der Waals surface area contributed by atoms with E-state index in [0.717, 1.165) is 23.7 Å². The normalized spacial score (nSPS) is 12.9. The van der Waals surface area contributed by atoms with E-state index in [1.165, 1.54) is 11.1 Å². The largest absolute Gasteiger partial charge is 0.310 e. The Morgan fingerprint density at radius 3 is 2.67 bits per heavy atom. The summed E-state index contributed by atoms with van der Waals surface area (Å²) in [5.74, 6) is 0. The third-order valence-corrected chi connectivity index (χ3v) is 3.91. The van der Waals surface area contributed by atoms with Crippen molar-refractivity contribution in [1.82, 2.24) is 15.1 Å². The molecule has 114 valence electrons. The predicted octanol–water partition coefficient (Wildman–Crippen LogP) is 4.32. The number of hydrogen-bond acceptors (Lipinski definition) is 2. The third kappa shape index (κ3) is 4.08. The van der Waals surface area contributed by atoms with E-state index in [9.17, 15) is 0 Å². The lowest BCUT2D eigenvalue weighted by Gasteiger charge is -2.20. The zero-order valence-corrected chi connectivity index (χ0v) is 14.0. The van der Waals surface area contributed by atoms with E-state index < -0.39 is 0 Å². The van der Waals surface area contributed by atoms with Crippen LogP contribution in [-0.4, -0.2) is 16.3 Å². The Morgan fingerprint density at radius 1 is 1.29 bits per heavy atom. The Morgan fingerprint density at radius 2 is 2.05 bits per heavy atom. The SMILES string of the molecule is CCNC(Cc1ccn(C(C)C)n1)c1cc(Cl)ccc1C. The van der Waals surface area contributed by atoms with E-state index >= 15 is 0 Å². The molecule has 0 saturated carbocycles. The van der Waals surface area contributed by atoms with Crippen LogP contribution in [0.4, 0.5) is 0 Å². The number of rotatable bonds is 6. The fourth-order valence-corrected chi connectivity index (χ4v) is 2.69. The molecule has 0 fully saturated rings. The molecule has 1 aromatic carbocycles. The lowest BCUT2D eigenvalue weighted by Crippen LogP contribution is -2.24. The van der Waals surface area contributed by atoms with E-state index in [1.807, 2.05) is 16.9 Å². The molecule has 0 aliphatic carbocycles. The van der Waals surface area contributed by atoms with Gasteiger partial charge in [0.15, 0.2) is 0 Å². The number of nitrogens with one attached hydrogen (secondary N) is 1. The molecule has 4 heteroatoms. The Labute approximate surface area is 132 Å². The number of hydrogen-bond donors (Lipinski definition) is 1. The van der Waals surface area contributed by atoms with Crippen LogP contribution in [0.2, 0.25) is 5.02 Å². The van der Waals surface area contributed by atoms with Crippen LogP contribution in [-0.2, 0) is 6.42 Å². The lowest BCUT2D eigenvalue weighted by molar-refractivity contribution is 0.506. The van der Waals surface area contributed by atoms with Crippen LogP contribution in [0.1, 0.15) is 49.7 Å². The van der Waals surface area contributed by atoms with Crippen molar-refractivity contribution in [2.45, 2.75) is 46.2 Å². The minimum atomic E-state index is 0.240. The van der Waals surface area contributed by atoms with Gasteiger partial charge in [-0.1, -0.05) is 24.6 Å². The maximum absolute atomic E-state index is 6.16. The summed E-state index contributed by atoms with van der Waals surface area (Å²) in [4.78, 5) is 0. The zero-order valence-electron chi connectivity index (χ0n) is 13.2. The first-order chi connectivity index (χ1) is 10.0. The van der Waals surface area contributed by atoms with Crippen molar-refractivity contribution >= 4 is 11.6 Å². The zero-order chi connectivity index (χ0) is 15.4. The van der Waals surface area contributed by atoms with Crippen molar-refractivity contribution in [1.29, 1.82) is 0 Å². The molecule has 1 heterocycles. The molecule has 21 heavy (non-hydrogen) atoms. The summed E-state index contributed by atoms with van der Waals surface area (Å²) in [6.07, 6.45) is 2.92. The molecule has 0 amide bonds. The molecule has 0 aliphatic rings. The average Bonchev–Trinajstić information content (AvgIpc) is 2.90. The van der Waals surface area contributed by atoms with Gasteiger partial charge in [-0.2, -0.15) is 5.10 Å². The number of aromatic nitrogens is 2. The van der Waals surface area contributed by atoms with Crippen molar-refractivity contribution in [3.05, 3.63) is 52.3 Å². The highest BCUT2D eigenvalue weighted by Gasteiger charge is 2.16. The van der Waals surface area contributed by atoms with Gasteiger partial charge in [-0.3, -0.25) is 4.68 Å². The minimum absolute atomic E-state index is 0.240. The number of halogens is 1. The number of nitrogens with zero attached hydrogens (tertiary/aromatic N) is 2. The average molecular weight is 306 g/mol. The summed E-state index contributed by atoms with van der Waals surface area (Å²) in [7, 11) is 0. The van der Waals surface area contributed by atoms with E-state index in [0.29, 0.717) is 6.04 Å². The molecule has 0 spiro atoms. The van der Waals surface area contributed by atoms with Crippen molar-refractivity contribution in [3.63, 3.8) is 0 Å². The first kappa shape index (κ1) is 16.1. The topological polar surface area (TPSA) is 29.9 Å². The van der Waals surface area contributed by atoms with Crippen molar-refractivity contribution in [2.75, 3.05) is 6.54 Å². The highest BCUT2D eigenvalue weighted by Crippen LogP contribution is 2.24. The summed E-state index contributed by atoms with van der Waals surface area (Å²) in [6, 6.07) is 8.81. The molecule has 2 aromatic rings. The number of aryl methyl sites for hydroxylation is 1. The molecule has 3 nitrogen and oxygen atoms in total. The fraction of sp³-hybridized carbons (Fsp3) is 0.471. The first-order valence-electron chi connectivity index (χ1n) is 7.54. The fourth-order valence-electron chi connectivity index (χ4n) is 2.51. The molecule has 0 bridgehead atoms. The predicted molar refractivity (Wildman–Crippen MR) is 88.9 cm³/mol. The second kappa shape index (κ2) is 7.10. The molecular weight excluding hydrogens is 282 g/mol. The first-order valence-corrected chi connectivity index (χ1v) is 7.92. The van der Waals surface area contributed by atoms with Gasteiger partial charge >= 0.3 is 0 Å². The molecule has 0 radical (unpaired) electrons. The molecule has 1 N–H and O–H groups in total. The van der Waals surface area contributed by atoms with Gasteiger partial charge in [0.25, 0.3) is 0 Å². The highest BCUT2D eigenvalue weighted by atomic mass is 35.5. The molecule has 0 saturated heterocycles. The van der Waals surface area contributed by atoms with Gasteiger partial charge < -0.3 is 5.32 Å². The summed E-state index contributed by atoms with van der Waals surface area (Å²) in [5.41, 5.74) is 3.62. The van der Waals surface area contributed by atoms with Gasteiger partial charge in [0.05, 0.1) is 5.69 Å².